The van der Waals surface area contributed by atoms with E-state index in [2.05, 4.69) is 16.0 Å². The summed E-state index contributed by atoms with van der Waals surface area (Å²) in [5.41, 5.74) is 1.40. The fraction of sp³-hybridized carbons (Fsp3) is 0.360. The third-order valence-corrected chi connectivity index (χ3v) is 5.37. The molecule has 0 radical (unpaired) electrons. The highest BCUT2D eigenvalue weighted by Gasteiger charge is 2.35. The third-order valence-electron chi connectivity index (χ3n) is 5.37. The van der Waals surface area contributed by atoms with Gasteiger partial charge in [0.2, 0.25) is 5.91 Å². The standard InChI is InChI=1S/C25H29N3O5/c1-15(2)13-20(25(32)28-22-16(3)33-14-21(22)29)27-24(31)18-11-9-17(10-12-18)23(30)26-19-7-5-4-6-8-19/h4-12,15-16,20,22H,13-14H2,1-3H3,(H,26,30)(H,27,31)(H,28,32)/t16-,20+,22+/m1/s1. The molecule has 1 aliphatic heterocycles. The van der Waals surface area contributed by atoms with Gasteiger partial charge in [-0.3, -0.25) is 19.2 Å². The Bertz CT molecular complexity index is 1000. The number of carbonyl (C=O) groups excluding carboxylic acids is 4. The number of anilines is 1. The number of ether oxygens (including phenoxy) is 1. The Morgan fingerprint density at radius 2 is 1.58 bits per heavy atom. The normalized spacial score (nSPS) is 18.6. The number of benzene rings is 2. The van der Waals surface area contributed by atoms with E-state index in [-0.39, 0.29) is 24.2 Å². The van der Waals surface area contributed by atoms with Gasteiger partial charge in [0, 0.05) is 16.8 Å². The second-order valence-electron chi connectivity index (χ2n) is 8.52. The average molecular weight is 452 g/mol. The number of amides is 3. The Morgan fingerprint density at radius 1 is 0.970 bits per heavy atom. The van der Waals surface area contributed by atoms with Crippen molar-refractivity contribution >= 4 is 29.2 Å². The number of nitrogens with one attached hydrogen (secondary N) is 3. The summed E-state index contributed by atoms with van der Waals surface area (Å²) in [7, 11) is 0. The summed E-state index contributed by atoms with van der Waals surface area (Å²) in [6, 6.07) is 13.7. The minimum Gasteiger partial charge on any atom is -0.368 e. The Hall–Kier alpha value is -3.52. The maximum atomic E-state index is 12.8. The highest BCUT2D eigenvalue weighted by molar-refractivity contribution is 6.05. The van der Waals surface area contributed by atoms with E-state index < -0.39 is 30.0 Å². The summed E-state index contributed by atoms with van der Waals surface area (Å²) >= 11 is 0. The first kappa shape index (κ1) is 24.1. The molecule has 174 valence electrons. The number of hydrogen-bond donors (Lipinski definition) is 3. The second-order valence-corrected chi connectivity index (χ2v) is 8.52. The molecule has 2 aromatic rings. The topological polar surface area (TPSA) is 114 Å². The van der Waals surface area contributed by atoms with E-state index in [1.807, 2.05) is 32.0 Å². The van der Waals surface area contributed by atoms with E-state index in [1.54, 1.807) is 31.2 Å². The zero-order valence-corrected chi connectivity index (χ0v) is 19.0. The number of rotatable bonds is 8. The summed E-state index contributed by atoms with van der Waals surface area (Å²) in [5, 5.41) is 8.25. The monoisotopic (exact) mass is 451 g/mol. The largest absolute Gasteiger partial charge is 0.368 e. The predicted molar refractivity (Wildman–Crippen MR) is 124 cm³/mol. The van der Waals surface area contributed by atoms with Crippen LogP contribution in [0.5, 0.6) is 0 Å². The predicted octanol–water partition coefficient (Wildman–Crippen LogP) is 2.56. The lowest BCUT2D eigenvalue weighted by Gasteiger charge is -2.23. The molecule has 8 heteroatoms. The van der Waals surface area contributed by atoms with Gasteiger partial charge in [0.05, 0.1) is 6.10 Å². The van der Waals surface area contributed by atoms with Gasteiger partial charge in [-0.15, -0.1) is 0 Å². The van der Waals surface area contributed by atoms with Crippen molar-refractivity contribution in [2.75, 3.05) is 11.9 Å². The summed E-state index contributed by atoms with van der Waals surface area (Å²) in [4.78, 5) is 50.0. The molecule has 8 nitrogen and oxygen atoms in total. The first-order valence-corrected chi connectivity index (χ1v) is 11.0. The maximum Gasteiger partial charge on any atom is 0.255 e. The quantitative estimate of drug-likeness (QED) is 0.571. The fourth-order valence-electron chi connectivity index (χ4n) is 3.56. The number of Topliss-reactive ketones (excluding diaryl/α,β-unsaturated/α-hetero) is 1. The Kier molecular flexibility index (Phi) is 7.95. The molecule has 0 saturated carbocycles. The molecule has 3 N–H and O–H groups in total. The van der Waals surface area contributed by atoms with Crippen LogP contribution in [0.15, 0.2) is 54.6 Å². The first-order chi connectivity index (χ1) is 15.7. The highest BCUT2D eigenvalue weighted by Crippen LogP contribution is 2.13. The van der Waals surface area contributed by atoms with Crippen molar-refractivity contribution < 1.29 is 23.9 Å². The van der Waals surface area contributed by atoms with Gasteiger partial charge in [0.1, 0.15) is 18.7 Å². The molecule has 1 aliphatic rings. The second kappa shape index (κ2) is 10.9. The van der Waals surface area contributed by atoms with Crippen molar-refractivity contribution in [3.8, 4) is 0 Å². The van der Waals surface area contributed by atoms with Gasteiger partial charge in [-0.25, -0.2) is 0 Å². The van der Waals surface area contributed by atoms with Crippen molar-refractivity contribution in [1.29, 1.82) is 0 Å². The van der Waals surface area contributed by atoms with E-state index >= 15 is 0 Å². The number of hydrogen-bond acceptors (Lipinski definition) is 5. The van der Waals surface area contributed by atoms with Gasteiger partial charge in [-0.1, -0.05) is 32.0 Å². The molecule has 33 heavy (non-hydrogen) atoms. The molecule has 0 unspecified atom stereocenters. The number of para-hydroxylation sites is 1. The minimum absolute atomic E-state index is 0.0302. The van der Waals surface area contributed by atoms with Crippen LogP contribution in [0.1, 0.15) is 47.9 Å². The van der Waals surface area contributed by atoms with Crippen molar-refractivity contribution in [2.24, 2.45) is 5.92 Å². The van der Waals surface area contributed by atoms with Gasteiger partial charge in [-0.2, -0.15) is 0 Å². The molecule has 2 aromatic carbocycles. The van der Waals surface area contributed by atoms with Crippen LogP contribution in [-0.2, 0) is 14.3 Å². The van der Waals surface area contributed by atoms with Gasteiger partial charge in [0.15, 0.2) is 5.78 Å². The number of carbonyl (C=O) groups is 4. The van der Waals surface area contributed by atoms with E-state index in [0.29, 0.717) is 23.2 Å². The van der Waals surface area contributed by atoms with Gasteiger partial charge in [0.25, 0.3) is 11.8 Å². The molecule has 1 saturated heterocycles. The van der Waals surface area contributed by atoms with Crippen LogP contribution < -0.4 is 16.0 Å². The molecule has 3 atom stereocenters. The van der Waals surface area contributed by atoms with Crippen LogP contribution >= 0.6 is 0 Å². The summed E-state index contributed by atoms with van der Waals surface area (Å²) in [6.07, 6.45) is -0.00269. The molecule has 0 aliphatic carbocycles. The zero-order chi connectivity index (χ0) is 24.0. The minimum atomic E-state index is -0.806. The molecular formula is C25H29N3O5. The lowest BCUT2D eigenvalue weighted by molar-refractivity contribution is -0.127. The molecule has 3 rings (SSSR count). The average Bonchev–Trinajstić information content (AvgIpc) is 3.11. The van der Waals surface area contributed by atoms with Crippen molar-refractivity contribution in [2.45, 2.75) is 45.4 Å². The highest BCUT2D eigenvalue weighted by atomic mass is 16.5. The van der Waals surface area contributed by atoms with Crippen LogP contribution in [0, 0.1) is 5.92 Å². The van der Waals surface area contributed by atoms with Crippen LogP contribution in [0.2, 0.25) is 0 Å². The molecule has 0 aromatic heterocycles. The Balaban J connectivity index is 1.64. The lowest BCUT2D eigenvalue weighted by atomic mass is 10.0. The van der Waals surface area contributed by atoms with E-state index in [4.69, 9.17) is 4.74 Å². The third kappa shape index (κ3) is 6.49. The van der Waals surface area contributed by atoms with Crippen molar-refractivity contribution in [1.82, 2.24) is 10.6 Å². The van der Waals surface area contributed by atoms with Gasteiger partial charge in [-0.05, 0) is 55.7 Å². The van der Waals surface area contributed by atoms with Gasteiger partial charge >= 0.3 is 0 Å². The fourth-order valence-corrected chi connectivity index (χ4v) is 3.56. The first-order valence-electron chi connectivity index (χ1n) is 11.0. The van der Waals surface area contributed by atoms with E-state index in [9.17, 15) is 19.2 Å². The molecule has 0 spiro atoms. The molecule has 0 bridgehead atoms. The summed E-state index contributed by atoms with van der Waals surface area (Å²) < 4.78 is 5.27. The van der Waals surface area contributed by atoms with Crippen LogP contribution in [0.4, 0.5) is 5.69 Å². The molecular weight excluding hydrogens is 422 g/mol. The van der Waals surface area contributed by atoms with E-state index in [0.717, 1.165) is 0 Å². The SMILES string of the molecule is CC(C)C[C@H](NC(=O)c1ccc(C(=O)Nc2ccccc2)cc1)C(=O)N[C@@H]1C(=O)CO[C@@H]1C. The molecule has 3 amide bonds. The smallest absolute Gasteiger partial charge is 0.255 e. The van der Waals surface area contributed by atoms with Crippen molar-refractivity contribution in [3.05, 3.63) is 65.7 Å². The Morgan fingerprint density at radius 3 is 2.12 bits per heavy atom. The number of ketones is 1. The lowest BCUT2D eigenvalue weighted by Crippen LogP contribution is -2.53. The Labute approximate surface area is 193 Å². The molecule has 1 heterocycles. The van der Waals surface area contributed by atoms with Crippen LogP contribution in [-0.4, -0.2) is 48.3 Å². The van der Waals surface area contributed by atoms with E-state index in [1.165, 1.54) is 12.1 Å². The van der Waals surface area contributed by atoms with Crippen molar-refractivity contribution in [3.63, 3.8) is 0 Å². The zero-order valence-electron chi connectivity index (χ0n) is 19.0. The van der Waals surface area contributed by atoms with Crippen LogP contribution in [0.25, 0.3) is 0 Å². The summed E-state index contributed by atoms with van der Waals surface area (Å²) in [5.74, 6) is -1.20. The van der Waals surface area contributed by atoms with Crippen LogP contribution in [0.3, 0.4) is 0 Å². The van der Waals surface area contributed by atoms with Gasteiger partial charge < -0.3 is 20.7 Å². The summed E-state index contributed by atoms with van der Waals surface area (Å²) in [6.45, 7) is 5.58. The maximum absolute atomic E-state index is 12.8. The molecule has 1 fully saturated rings.